The molecule has 0 aromatic heterocycles. The molecule has 0 spiro atoms. The van der Waals surface area contributed by atoms with Crippen molar-refractivity contribution in [3.8, 4) is 6.07 Å². The molecule has 1 saturated carbocycles. The molecule has 122 valence electrons. The molecule has 2 aromatic carbocycles. The Balaban J connectivity index is 1.62. The Hall–Kier alpha value is -2.15. The largest absolute Gasteiger partial charge is 0.306 e. The zero-order valence-corrected chi connectivity index (χ0v) is 14.1. The number of rotatable bonds is 5. The molecule has 1 saturated heterocycles. The zero-order valence-electron chi connectivity index (χ0n) is 14.1. The molecular formula is C21H23N3. The summed E-state index contributed by atoms with van der Waals surface area (Å²) in [6, 6.07) is 23.8. The highest BCUT2D eigenvalue weighted by molar-refractivity contribution is 5.35. The number of benzene rings is 2. The molecule has 2 aromatic rings. The van der Waals surface area contributed by atoms with Gasteiger partial charge in [0, 0.05) is 38.0 Å². The summed E-state index contributed by atoms with van der Waals surface area (Å²) < 4.78 is 0. The first-order chi connectivity index (χ1) is 11.7. The summed E-state index contributed by atoms with van der Waals surface area (Å²) in [5.41, 5.74) is 2.26. The smallest absolute Gasteiger partial charge is 0.118 e. The van der Waals surface area contributed by atoms with Crippen LogP contribution >= 0.6 is 0 Å². The predicted molar refractivity (Wildman–Crippen MR) is 95.0 cm³/mol. The standard InChI is InChI=1S/C21H23N3/c1-23-14-19-20(15-23)21(19,16-22)24(12-17-8-4-2-5-9-17)13-18-10-6-3-7-11-18/h2-11,19-20H,12-15H2,1H3. The number of fused-ring (bicyclic) bond motifs is 1. The molecule has 3 heteroatoms. The van der Waals surface area contributed by atoms with Gasteiger partial charge in [-0.05, 0) is 18.2 Å². The van der Waals surface area contributed by atoms with E-state index in [2.05, 4.69) is 71.4 Å². The number of likely N-dealkylation sites (tertiary alicyclic amines) is 1. The lowest BCUT2D eigenvalue weighted by Crippen LogP contribution is -2.42. The summed E-state index contributed by atoms with van der Waals surface area (Å²) in [5.74, 6) is 0.972. The molecule has 2 aliphatic rings. The molecule has 2 unspecified atom stereocenters. The molecule has 1 heterocycles. The van der Waals surface area contributed by atoms with Crippen LogP contribution in [0.15, 0.2) is 60.7 Å². The van der Waals surface area contributed by atoms with Crippen LogP contribution in [-0.2, 0) is 13.1 Å². The quantitative estimate of drug-likeness (QED) is 0.849. The van der Waals surface area contributed by atoms with Gasteiger partial charge >= 0.3 is 0 Å². The Morgan fingerprint density at radius 3 is 1.83 bits per heavy atom. The third-order valence-electron chi connectivity index (χ3n) is 5.66. The molecule has 3 nitrogen and oxygen atoms in total. The maximum Gasteiger partial charge on any atom is 0.118 e. The summed E-state index contributed by atoms with van der Waals surface area (Å²) in [6.07, 6.45) is 0. The summed E-state index contributed by atoms with van der Waals surface area (Å²) >= 11 is 0. The molecule has 0 bridgehead atoms. The van der Waals surface area contributed by atoms with Gasteiger partial charge in [0.1, 0.15) is 5.54 Å². The van der Waals surface area contributed by atoms with Crippen molar-refractivity contribution in [3.05, 3.63) is 71.8 Å². The Bertz CT molecular complexity index is 681. The van der Waals surface area contributed by atoms with E-state index >= 15 is 0 Å². The number of hydrogen-bond acceptors (Lipinski definition) is 3. The molecule has 1 aliphatic heterocycles. The monoisotopic (exact) mass is 317 g/mol. The van der Waals surface area contributed by atoms with Crippen LogP contribution in [0, 0.1) is 23.2 Å². The second-order valence-electron chi connectivity index (χ2n) is 7.20. The number of hydrogen-bond donors (Lipinski definition) is 0. The van der Waals surface area contributed by atoms with Crippen LogP contribution in [0.25, 0.3) is 0 Å². The van der Waals surface area contributed by atoms with Gasteiger partial charge in [-0.2, -0.15) is 5.26 Å². The molecule has 2 atom stereocenters. The van der Waals surface area contributed by atoms with Crippen LogP contribution in [0.1, 0.15) is 11.1 Å². The van der Waals surface area contributed by atoms with E-state index in [4.69, 9.17) is 0 Å². The van der Waals surface area contributed by atoms with Gasteiger partial charge in [-0.3, -0.25) is 4.90 Å². The third-order valence-corrected chi connectivity index (χ3v) is 5.66. The van der Waals surface area contributed by atoms with E-state index in [9.17, 15) is 5.26 Å². The minimum absolute atomic E-state index is 0.293. The summed E-state index contributed by atoms with van der Waals surface area (Å²) in [7, 11) is 2.16. The van der Waals surface area contributed by atoms with E-state index in [0.29, 0.717) is 11.8 Å². The van der Waals surface area contributed by atoms with Crippen molar-refractivity contribution >= 4 is 0 Å². The van der Waals surface area contributed by atoms with E-state index in [-0.39, 0.29) is 5.54 Å². The fourth-order valence-corrected chi connectivity index (χ4v) is 4.43. The topological polar surface area (TPSA) is 30.3 Å². The predicted octanol–water partition coefficient (Wildman–Crippen LogP) is 3.14. The molecule has 4 rings (SSSR count). The van der Waals surface area contributed by atoms with Crippen molar-refractivity contribution in [2.75, 3.05) is 20.1 Å². The maximum absolute atomic E-state index is 10.1. The van der Waals surface area contributed by atoms with Crippen LogP contribution in [0.5, 0.6) is 0 Å². The molecular weight excluding hydrogens is 294 g/mol. The van der Waals surface area contributed by atoms with E-state index in [1.54, 1.807) is 0 Å². The Morgan fingerprint density at radius 2 is 1.42 bits per heavy atom. The first-order valence-corrected chi connectivity index (χ1v) is 8.66. The lowest BCUT2D eigenvalue weighted by Gasteiger charge is -2.32. The third kappa shape index (κ3) is 2.53. The van der Waals surface area contributed by atoms with Crippen molar-refractivity contribution < 1.29 is 0 Å². The Kier molecular flexibility index (Phi) is 3.88. The minimum atomic E-state index is -0.293. The Morgan fingerprint density at radius 1 is 0.958 bits per heavy atom. The van der Waals surface area contributed by atoms with E-state index in [1.807, 2.05) is 12.1 Å². The summed E-state index contributed by atoms with van der Waals surface area (Å²) in [5, 5.41) is 10.1. The van der Waals surface area contributed by atoms with Gasteiger partial charge in [0.15, 0.2) is 0 Å². The van der Waals surface area contributed by atoms with Gasteiger partial charge in [0.25, 0.3) is 0 Å². The average Bonchev–Trinajstić information content (AvgIpc) is 3.01. The van der Waals surface area contributed by atoms with E-state index in [1.165, 1.54) is 11.1 Å². The van der Waals surface area contributed by atoms with E-state index < -0.39 is 0 Å². The first-order valence-electron chi connectivity index (χ1n) is 8.66. The van der Waals surface area contributed by atoms with Crippen LogP contribution in [0.2, 0.25) is 0 Å². The fourth-order valence-electron chi connectivity index (χ4n) is 4.43. The van der Waals surface area contributed by atoms with Gasteiger partial charge in [-0.15, -0.1) is 0 Å². The first kappa shape index (κ1) is 15.4. The number of piperidine rings is 1. The molecule has 24 heavy (non-hydrogen) atoms. The van der Waals surface area contributed by atoms with Crippen molar-refractivity contribution in [2.45, 2.75) is 18.6 Å². The highest BCUT2D eigenvalue weighted by Gasteiger charge is 2.71. The maximum atomic E-state index is 10.1. The van der Waals surface area contributed by atoms with Crippen molar-refractivity contribution in [1.82, 2.24) is 9.80 Å². The lowest BCUT2D eigenvalue weighted by molar-refractivity contribution is 0.149. The summed E-state index contributed by atoms with van der Waals surface area (Å²) in [4.78, 5) is 4.77. The number of nitriles is 1. The van der Waals surface area contributed by atoms with Crippen molar-refractivity contribution in [2.24, 2.45) is 11.8 Å². The van der Waals surface area contributed by atoms with Crippen molar-refractivity contribution in [1.29, 1.82) is 5.26 Å². The second-order valence-corrected chi connectivity index (χ2v) is 7.20. The van der Waals surface area contributed by atoms with Gasteiger partial charge in [-0.25, -0.2) is 0 Å². The molecule has 0 amide bonds. The van der Waals surface area contributed by atoms with Crippen LogP contribution in [0.4, 0.5) is 0 Å². The zero-order chi connectivity index (χ0) is 16.6. The van der Waals surface area contributed by atoms with Gasteiger partial charge in [-0.1, -0.05) is 60.7 Å². The second kappa shape index (κ2) is 6.05. The Labute approximate surface area is 144 Å². The van der Waals surface area contributed by atoms with Gasteiger partial charge < -0.3 is 4.90 Å². The lowest BCUT2D eigenvalue weighted by atomic mass is 10.1. The SMILES string of the molecule is CN1CC2C(C1)C2(C#N)N(Cc1ccccc1)Cc1ccccc1. The molecule has 0 N–H and O–H groups in total. The molecule has 0 radical (unpaired) electrons. The van der Waals surface area contributed by atoms with Crippen LogP contribution in [0.3, 0.4) is 0 Å². The number of nitrogens with zero attached hydrogens (tertiary/aromatic N) is 3. The fraction of sp³-hybridized carbons (Fsp3) is 0.381. The van der Waals surface area contributed by atoms with Gasteiger partial charge in [0.05, 0.1) is 6.07 Å². The minimum Gasteiger partial charge on any atom is -0.306 e. The average molecular weight is 317 g/mol. The van der Waals surface area contributed by atoms with Crippen molar-refractivity contribution in [3.63, 3.8) is 0 Å². The van der Waals surface area contributed by atoms with Gasteiger partial charge in [0.2, 0.25) is 0 Å². The highest BCUT2D eigenvalue weighted by atomic mass is 15.3. The highest BCUT2D eigenvalue weighted by Crippen LogP contribution is 2.59. The molecule has 2 fully saturated rings. The molecule has 1 aliphatic carbocycles. The summed E-state index contributed by atoms with van der Waals surface area (Å²) in [6.45, 7) is 3.75. The normalized spacial score (nSPS) is 28.5. The van der Waals surface area contributed by atoms with E-state index in [0.717, 1.165) is 26.2 Å². The van der Waals surface area contributed by atoms with Crippen LogP contribution < -0.4 is 0 Å². The van der Waals surface area contributed by atoms with Crippen LogP contribution in [-0.4, -0.2) is 35.5 Å².